The molecule has 0 fully saturated rings. The summed E-state index contributed by atoms with van der Waals surface area (Å²) in [7, 11) is 2.03. The van der Waals surface area contributed by atoms with Gasteiger partial charge in [0.05, 0.1) is 4.34 Å². The van der Waals surface area contributed by atoms with Crippen molar-refractivity contribution in [2.24, 2.45) is 5.92 Å². The van der Waals surface area contributed by atoms with Crippen LogP contribution < -0.4 is 5.32 Å². The highest BCUT2D eigenvalue weighted by Gasteiger charge is 2.10. The number of rotatable bonds is 5. The second kappa shape index (κ2) is 5.74. The van der Waals surface area contributed by atoms with Crippen LogP contribution in [0.1, 0.15) is 25.1 Å². The summed E-state index contributed by atoms with van der Waals surface area (Å²) in [6, 6.07) is 4.71. The van der Waals surface area contributed by atoms with Gasteiger partial charge in [0.2, 0.25) is 0 Å². The summed E-state index contributed by atoms with van der Waals surface area (Å²) in [5.41, 5.74) is 0. The smallest absolute Gasteiger partial charge is 0.0931 e. The van der Waals surface area contributed by atoms with Crippen molar-refractivity contribution in [2.45, 2.75) is 32.7 Å². The molecule has 0 spiro atoms. The molecule has 1 unspecified atom stereocenters. The van der Waals surface area contributed by atoms with E-state index in [1.165, 1.54) is 11.3 Å². The molecule has 0 radical (unpaired) electrons. The lowest BCUT2D eigenvalue weighted by Gasteiger charge is -2.19. The van der Waals surface area contributed by atoms with Gasteiger partial charge in [-0.1, -0.05) is 25.4 Å². The van der Waals surface area contributed by atoms with Crippen LogP contribution in [0.2, 0.25) is 4.34 Å². The Balaban J connectivity index is 2.39. The van der Waals surface area contributed by atoms with Gasteiger partial charge in [-0.3, -0.25) is 0 Å². The molecule has 0 aromatic carbocycles. The fourth-order valence-electron chi connectivity index (χ4n) is 1.59. The number of thiophene rings is 1. The minimum Gasteiger partial charge on any atom is -0.317 e. The zero-order chi connectivity index (χ0) is 10.6. The van der Waals surface area contributed by atoms with Crippen LogP contribution in [0.3, 0.4) is 0 Å². The first-order valence-corrected chi connectivity index (χ1v) is 6.24. The van der Waals surface area contributed by atoms with Gasteiger partial charge in [0.25, 0.3) is 0 Å². The normalized spacial score (nSPS) is 13.5. The highest BCUT2D eigenvalue weighted by Crippen LogP contribution is 2.23. The van der Waals surface area contributed by atoms with Gasteiger partial charge in [0.1, 0.15) is 0 Å². The minimum atomic E-state index is 0.607. The SMILES string of the molecule is CNC(CCc1ccc(Cl)s1)C(C)C. The van der Waals surface area contributed by atoms with E-state index in [1.807, 2.05) is 13.1 Å². The van der Waals surface area contributed by atoms with Crippen LogP contribution in [0.15, 0.2) is 12.1 Å². The Hall–Kier alpha value is -0.0500. The average molecular weight is 232 g/mol. The number of hydrogen-bond donors (Lipinski definition) is 1. The second-order valence-corrected chi connectivity index (χ2v) is 5.68. The van der Waals surface area contributed by atoms with Crippen LogP contribution >= 0.6 is 22.9 Å². The van der Waals surface area contributed by atoms with Crippen molar-refractivity contribution < 1.29 is 0 Å². The Morgan fingerprint density at radius 3 is 2.57 bits per heavy atom. The van der Waals surface area contributed by atoms with Gasteiger partial charge >= 0.3 is 0 Å². The quantitative estimate of drug-likeness (QED) is 0.817. The third kappa shape index (κ3) is 3.60. The van der Waals surface area contributed by atoms with Crippen molar-refractivity contribution in [3.05, 3.63) is 21.3 Å². The van der Waals surface area contributed by atoms with Crippen LogP contribution in [0.4, 0.5) is 0 Å². The Morgan fingerprint density at radius 2 is 2.14 bits per heavy atom. The molecule has 80 valence electrons. The lowest BCUT2D eigenvalue weighted by molar-refractivity contribution is 0.404. The van der Waals surface area contributed by atoms with Crippen molar-refractivity contribution in [1.82, 2.24) is 5.32 Å². The van der Waals surface area contributed by atoms with Gasteiger partial charge in [-0.15, -0.1) is 11.3 Å². The summed E-state index contributed by atoms with van der Waals surface area (Å²) in [4.78, 5) is 1.39. The lowest BCUT2D eigenvalue weighted by Crippen LogP contribution is -2.30. The summed E-state index contributed by atoms with van der Waals surface area (Å²) >= 11 is 7.56. The van der Waals surface area contributed by atoms with Crippen LogP contribution in [0.25, 0.3) is 0 Å². The molecule has 1 nitrogen and oxygen atoms in total. The Bertz CT molecular complexity index is 270. The zero-order valence-electron chi connectivity index (χ0n) is 9.01. The monoisotopic (exact) mass is 231 g/mol. The molecule has 0 aliphatic carbocycles. The van der Waals surface area contributed by atoms with E-state index in [9.17, 15) is 0 Å². The van der Waals surface area contributed by atoms with Gasteiger partial charge in [-0.2, -0.15) is 0 Å². The average Bonchev–Trinajstić information content (AvgIpc) is 2.52. The number of hydrogen-bond acceptors (Lipinski definition) is 2. The molecule has 14 heavy (non-hydrogen) atoms. The molecular weight excluding hydrogens is 214 g/mol. The molecule has 0 saturated carbocycles. The van der Waals surface area contributed by atoms with Crippen LogP contribution in [-0.2, 0) is 6.42 Å². The molecule has 1 aromatic rings. The fourth-order valence-corrected chi connectivity index (χ4v) is 2.70. The molecule has 1 heterocycles. The molecule has 1 aromatic heterocycles. The highest BCUT2D eigenvalue weighted by molar-refractivity contribution is 7.16. The first-order valence-electron chi connectivity index (χ1n) is 5.05. The molecule has 0 amide bonds. The van der Waals surface area contributed by atoms with E-state index in [-0.39, 0.29) is 0 Å². The second-order valence-electron chi connectivity index (χ2n) is 3.88. The zero-order valence-corrected chi connectivity index (χ0v) is 10.6. The fraction of sp³-hybridized carbons (Fsp3) is 0.636. The van der Waals surface area contributed by atoms with E-state index in [0.717, 1.165) is 10.8 Å². The Morgan fingerprint density at radius 1 is 1.43 bits per heavy atom. The van der Waals surface area contributed by atoms with E-state index in [1.54, 1.807) is 11.3 Å². The number of aryl methyl sites for hydroxylation is 1. The third-order valence-electron chi connectivity index (χ3n) is 2.51. The lowest BCUT2D eigenvalue weighted by atomic mass is 9.99. The van der Waals surface area contributed by atoms with E-state index in [0.29, 0.717) is 12.0 Å². The van der Waals surface area contributed by atoms with Crippen LogP contribution in [0.5, 0.6) is 0 Å². The largest absolute Gasteiger partial charge is 0.317 e. The van der Waals surface area contributed by atoms with E-state index >= 15 is 0 Å². The van der Waals surface area contributed by atoms with Crippen molar-refractivity contribution >= 4 is 22.9 Å². The van der Waals surface area contributed by atoms with E-state index in [2.05, 4.69) is 25.2 Å². The molecule has 1 rings (SSSR count). The predicted molar refractivity (Wildman–Crippen MR) is 65.3 cm³/mol. The maximum absolute atomic E-state index is 5.88. The maximum Gasteiger partial charge on any atom is 0.0931 e. The highest BCUT2D eigenvalue weighted by atomic mass is 35.5. The van der Waals surface area contributed by atoms with Crippen molar-refractivity contribution in [2.75, 3.05) is 7.05 Å². The van der Waals surface area contributed by atoms with Gasteiger partial charge in [-0.05, 0) is 37.9 Å². The topological polar surface area (TPSA) is 12.0 Å². The molecular formula is C11H18ClNS. The summed E-state index contributed by atoms with van der Waals surface area (Å²) in [6.07, 6.45) is 2.31. The molecule has 0 saturated heterocycles. The van der Waals surface area contributed by atoms with Crippen molar-refractivity contribution in [1.29, 1.82) is 0 Å². The number of nitrogens with one attached hydrogen (secondary N) is 1. The predicted octanol–water partition coefficient (Wildman–Crippen LogP) is 3.58. The standard InChI is InChI=1S/C11H18ClNS/c1-8(2)10(13-3)6-4-9-5-7-11(12)14-9/h5,7-8,10,13H,4,6H2,1-3H3. The summed E-state index contributed by atoms with van der Waals surface area (Å²) < 4.78 is 0.894. The van der Waals surface area contributed by atoms with Gasteiger partial charge in [-0.25, -0.2) is 0 Å². The van der Waals surface area contributed by atoms with Crippen LogP contribution in [-0.4, -0.2) is 13.1 Å². The van der Waals surface area contributed by atoms with E-state index < -0.39 is 0 Å². The molecule has 0 aliphatic rings. The first-order chi connectivity index (χ1) is 6.63. The Kier molecular flexibility index (Phi) is 4.93. The first kappa shape index (κ1) is 12.0. The molecule has 0 bridgehead atoms. The Labute approximate surface area is 95.5 Å². The van der Waals surface area contributed by atoms with Gasteiger partial charge in [0.15, 0.2) is 0 Å². The number of halogens is 1. The minimum absolute atomic E-state index is 0.607. The summed E-state index contributed by atoms with van der Waals surface area (Å²) in [5, 5.41) is 3.35. The molecule has 0 aliphatic heterocycles. The molecule has 3 heteroatoms. The molecule has 1 N–H and O–H groups in total. The third-order valence-corrected chi connectivity index (χ3v) is 3.80. The summed E-state index contributed by atoms with van der Waals surface area (Å²) in [6.45, 7) is 4.51. The maximum atomic E-state index is 5.88. The van der Waals surface area contributed by atoms with E-state index in [4.69, 9.17) is 11.6 Å². The molecule has 1 atom stereocenters. The van der Waals surface area contributed by atoms with Crippen LogP contribution in [0, 0.1) is 5.92 Å². The van der Waals surface area contributed by atoms with Gasteiger partial charge in [0, 0.05) is 10.9 Å². The van der Waals surface area contributed by atoms with Crippen molar-refractivity contribution in [3.63, 3.8) is 0 Å². The van der Waals surface area contributed by atoms with Gasteiger partial charge < -0.3 is 5.32 Å². The van der Waals surface area contributed by atoms with Crippen molar-refractivity contribution in [3.8, 4) is 0 Å². The summed E-state index contributed by atoms with van der Waals surface area (Å²) in [5.74, 6) is 0.690.